The van der Waals surface area contributed by atoms with Crippen molar-refractivity contribution < 1.29 is 22.4 Å². The van der Waals surface area contributed by atoms with Crippen LogP contribution in [0.1, 0.15) is 12.3 Å². The minimum atomic E-state index is -2.96. The number of methoxy groups -OCH3 is 1. The fourth-order valence-electron chi connectivity index (χ4n) is 3.20. The van der Waals surface area contributed by atoms with Crippen LogP contribution in [0.3, 0.4) is 0 Å². The topological polar surface area (TPSA) is 93.0 Å². The SMILES string of the molecule is COc1ccc(-c2cnc(CCC(=O)N3CCN(CCS(C)(=O)=O)CC3)o2)cc1. The number of aromatic nitrogens is 1. The van der Waals surface area contributed by atoms with Crippen molar-refractivity contribution in [3.8, 4) is 17.1 Å². The van der Waals surface area contributed by atoms with Crippen molar-refractivity contribution in [1.82, 2.24) is 14.8 Å². The number of nitrogens with zero attached hydrogens (tertiary/aromatic N) is 3. The van der Waals surface area contributed by atoms with Gasteiger partial charge in [-0.2, -0.15) is 0 Å². The monoisotopic (exact) mass is 421 g/mol. The summed E-state index contributed by atoms with van der Waals surface area (Å²) >= 11 is 0. The molecule has 3 rings (SSSR count). The lowest BCUT2D eigenvalue weighted by molar-refractivity contribution is -0.132. The van der Waals surface area contributed by atoms with Crippen molar-refractivity contribution in [1.29, 1.82) is 0 Å². The van der Waals surface area contributed by atoms with Gasteiger partial charge in [0, 0.05) is 57.4 Å². The van der Waals surface area contributed by atoms with Gasteiger partial charge in [-0.25, -0.2) is 13.4 Å². The summed E-state index contributed by atoms with van der Waals surface area (Å²) in [7, 11) is -1.34. The van der Waals surface area contributed by atoms with E-state index in [0.717, 1.165) is 11.3 Å². The van der Waals surface area contributed by atoms with Gasteiger partial charge in [-0.1, -0.05) is 0 Å². The van der Waals surface area contributed by atoms with E-state index < -0.39 is 9.84 Å². The predicted octanol–water partition coefficient (Wildman–Crippen LogP) is 1.47. The second-order valence-electron chi connectivity index (χ2n) is 7.20. The Morgan fingerprint density at radius 1 is 1.17 bits per heavy atom. The fourth-order valence-corrected chi connectivity index (χ4v) is 3.79. The lowest BCUT2D eigenvalue weighted by Gasteiger charge is -2.34. The smallest absolute Gasteiger partial charge is 0.223 e. The van der Waals surface area contributed by atoms with Gasteiger partial charge in [-0.05, 0) is 24.3 Å². The molecule has 9 heteroatoms. The first-order valence-electron chi connectivity index (χ1n) is 9.61. The van der Waals surface area contributed by atoms with E-state index in [0.29, 0.717) is 57.2 Å². The number of aryl methyl sites for hydroxylation is 1. The molecule has 0 bridgehead atoms. The number of carbonyl (C=O) groups is 1. The summed E-state index contributed by atoms with van der Waals surface area (Å²) in [5, 5.41) is 0. The van der Waals surface area contributed by atoms with Crippen LogP contribution in [0.25, 0.3) is 11.3 Å². The summed E-state index contributed by atoms with van der Waals surface area (Å²) in [6.07, 6.45) is 3.70. The lowest BCUT2D eigenvalue weighted by atomic mass is 10.2. The predicted molar refractivity (Wildman–Crippen MR) is 110 cm³/mol. The number of hydrogen-bond donors (Lipinski definition) is 0. The molecule has 1 aliphatic rings. The van der Waals surface area contributed by atoms with Crippen LogP contribution in [0.5, 0.6) is 5.75 Å². The van der Waals surface area contributed by atoms with Crippen LogP contribution in [-0.4, -0.2) is 81.0 Å². The minimum Gasteiger partial charge on any atom is -0.497 e. The van der Waals surface area contributed by atoms with E-state index in [1.54, 1.807) is 13.3 Å². The van der Waals surface area contributed by atoms with Gasteiger partial charge in [0.1, 0.15) is 15.6 Å². The van der Waals surface area contributed by atoms with Crippen molar-refractivity contribution in [3.05, 3.63) is 36.4 Å². The van der Waals surface area contributed by atoms with Crippen LogP contribution in [0.2, 0.25) is 0 Å². The van der Waals surface area contributed by atoms with Gasteiger partial charge in [0.2, 0.25) is 5.91 Å². The first-order valence-corrected chi connectivity index (χ1v) is 11.7. The summed E-state index contributed by atoms with van der Waals surface area (Å²) < 4.78 is 33.5. The number of amides is 1. The van der Waals surface area contributed by atoms with E-state index in [9.17, 15) is 13.2 Å². The summed E-state index contributed by atoms with van der Waals surface area (Å²) in [5.41, 5.74) is 0.904. The summed E-state index contributed by atoms with van der Waals surface area (Å²) in [4.78, 5) is 20.7. The number of sulfone groups is 1. The molecule has 1 amide bonds. The zero-order valence-corrected chi connectivity index (χ0v) is 17.7. The number of ether oxygens (including phenoxy) is 1. The van der Waals surface area contributed by atoms with E-state index in [2.05, 4.69) is 9.88 Å². The minimum absolute atomic E-state index is 0.0666. The third-order valence-electron chi connectivity index (χ3n) is 4.98. The van der Waals surface area contributed by atoms with Crippen LogP contribution >= 0.6 is 0 Å². The van der Waals surface area contributed by atoms with Gasteiger partial charge in [-0.15, -0.1) is 0 Å². The number of piperazine rings is 1. The van der Waals surface area contributed by atoms with E-state index in [1.165, 1.54) is 6.26 Å². The molecule has 1 fully saturated rings. The molecule has 0 radical (unpaired) electrons. The fraction of sp³-hybridized carbons (Fsp3) is 0.500. The second-order valence-corrected chi connectivity index (χ2v) is 9.46. The third kappa shape index (κ3) is 6.30. The Balaban J connectivity index is 1.45. The molecule has 0 spiro atoms. The highest BCUT2D eigenvalue weighted by Gasteiger charge is 2.22. The zero-order valence-electron chi connectivity index (χ0n) is 16.8. The van der Waals surface area contributed by atoms with Crippen molar-refractivity contribution in [2.24, 2.45) is 0 Å². The Hall–Kier alpha value is -2.39. The lowest BCUT2D eigenvalue weighted by Crippen LogP contribution is -2.49. The summed E-state index contributed by atoms with van der Waals surface area (Å²) in [5.74, 6) is 2.19. The normalized spacial score (nSPS) is 15.4. The van der Waals surface area contributed by atoms with Crippen LogP contribution in [0.15, 0.2) is 34.9 Å². The van der Waals surface area contributed by atoms with E-state index in [4.69, 9.17) is 9.15 Å². The van der Waals surface area contributed by atoms with Crippen LogP contribution < -0.4 is 4.74 Å². The second kappa shape index (κ2) is 9.41. The van der Waals surface area contributed by atoms with Crippen molar-refractivity contribution >= 4 is 15.7 Å². The molecule has 2 heterocycles. The number of hydrogen-bond acceptors (Lipinski definition) is 7. The number of benzene rings is 1. The van der Waals surface area contributed by atoms with Crippen molar-refractivity contribution in [2.75, 3.05) is 51.8 Å². The Kier molecular flexibility index (Phi) is 6.92. The average molecular weight is 422 g/mol. The molecular weight excluding hydrogens is 394 g/mol. The van der Waals surface area contributed by atoms with Gasteiger partial charge in [0.25, 0.3) is 0 Å². The molecular formula is C20H27N3O5S. The third-order valence-corrected chi connectivity index (χ3v) is 5.91. The molecule has 1 aromatic heterocycles. The van der Waals surface area contributed by atoms with Crippen LogP contribution in [0.4, 0.5) is 0 Å². The summed E-state index contributed by atoms with van der Waals surface area (Å²) in [6.45, 7) is 3.14. The first kappa shape index (κ1) is 21.3. The largest absolute Gasteiger partial charge is 0.497 e. The van der Waals surface area contributed by atoms with Gasteiger partial charge in [0.15, 0.2) is 11.7 Å². The highest BCUT2D eigenvalue weighted by molar-refractivity contribution is 7.90. The van der Waals surface area contributed by atoms with Crippen LogP contribution in [0, 0.1) is 0 Å². The Labute approximate surface area is 171 Å². The molecule has 2 aromatic rings. The molecule has 1 saturated heterocycles. The average Bonchev–Trinajstić information content (AvgIpc) is 3.19. The Bertz CT molecular complexity index is 916. The quantitative estimate of drug-likeness (QED) is 0.637. The standard InChI is InChI=1S/C20H27N3O5S/c1-27-17-5-3-16(4-6-17)18-15-21-19(28-18)7-8-20(24)23-11-9-22(10-12-23)13-14-29(2,25)26/h3-6,15H,7-14H2,1-2H3. The van der Waals surface area contributed by atoms with Gasteiger partial charge in [0.05, 0.1) is 19.1 Å². The molecule has 8 nitrogen and oxygen atoms in total. The molecule has 0 saturated carbocycles. The first-order chi connectivity index (χ1) is 13.8. The van der Waals surface area contributed by atoms with Crippen molar-refractivity contribution in [2.45, 2.75) is 12.8 Å². The highest BCUT2D eigenvalue weighted by atomic mass is 32.2. The summed E-state index contributed by atoms with van der Waals surface area (Å²) in [6, 6.07) is 7.52. The highest BCUT2D eigenvalue weighted by Crippen LogP contribution is 2.23. The Morgan fingerprint density at radius 2 is 1.86 bits per heavy atom. The van der Waals surface area contributed by atoms with Crippen LogP contribution in [-0.2, 0) is 21.1 Å². The molecule has 0 unspecified atom stereocenters. The molecule has 0 N–H and O–H groups in total. The maximum atomic E-state index is 12.5. The maximum absolute atomic E-state index is 12.5. The number of carbonyl (C=O) groups excluding carboxylic acids is 1. The zero-order chi connectivity index (χ0) is 20.9. The van der Waals surface area contributed by atoms with Gasteiger partial charge >= 0.3 is 0 Å². The van der Waals surface area contributed by atoms with E-state index in [1.807, 2.05) is 29.2 Å². The van der Waals surface area contributed by atoms with Gasteiger partial charge in [-0.3, -0.25) is 9.69 Å². The molecule has 0 aliphatic carbocycles. The van der Waals surface area contributed by atoms with Crippen molar-refractivity contribution in [3.63, 3.8) is 0 Å². The molecule has 1 aromatic carbocycles. The van der Waals surface area contributed by atoms with E-state index >= 15 is 0 Å². The molecule has 0 atom stereocenters. The molecule has 1 aliphatic heterocycles. The number of oxazole rings is 1. The van der Waals surface area contributed by atoms with Gasteiger partial charge < -0.3 is 14.1 Å². The molecule has 29 heavy (non-hydrogen) atoms. The maximum Gasteiger partial charge on any atom is 0.223 e. The van der Waals surface area contributed by atoms with E-state index in [-0.39, 0.29) is 11.7 Å². The Morgan fingerprint density at radius 3 is 2.48 bits per heavy atom. The number of rotatable bonds is 8. The molecule has 158 valence electrons.